The number of halogens is 1. The molecule has 0 aliphatic carbocycles. The van der Waals surface area contributed by atoms with Crippen LogP contribution in [0.1, 0.15) is 25.0 Å². The Balaban J connectivity index is 2.10. The average Bonchev–Trinajstić information content (AvgIpc) is 2.89. The third-order valence-corrected chi connectivity index (χ3v) is 7.94. The van der Waals surface area contributed by atoms with Gasteiger partial charge in [0.2, 0.25) is 0 Å². The Morgan fingerprint density at radius 1 is 1.12 bits per heavy atom. The van der Waals surface area contributed by atoms with E-state index < -0.39 is 7.14 Å². The molecule has 24 heavy (non-hydrogen) atoms. The van der Waals surface area contributed by atoms with Gasteiger partial charge in [0.05, 0.1) is 0 Å². The molecular formula is C19H19ClNO2P. The number of nitrogens with one attached hydrogen (secondary N) is 1. The fraction of sp³-hybridized carbons (Fsp3) is 0.211. The van der Waals surface area contributed by atoms with Crippen LogP contribution in [0.3, 0.4) is 0 Å². The van der Waals surface area contributed by atoms with E-state index in [0.717, 1.165) is 22.1 Å². The number of hydrogen-bond acceptors (Lipinski definition) is 2. The molecule has 124 valence electrons. The molecule has 0 saturated heterocycles. The van der Waals surface area contributed by atoms with Crippen molar-refractivity contribution in [2.45, 2.75) is 13.8 Å². The number of hydrogen-bond donors (Lipinski definition) is 1. The Bertz CT molecular complexity index is 881. The van der Waals surface area contributed by atoms with Gasteiger partial charge in [-0.3, -0.25) is 4.79 Å². The van der Waals surface area contributed by atoms with E-state index in [9.17, 15) is 9.36 Å². The largest absolute Gasteiger partial charge is 0.321 e. The van der Waals surface area contributed by atoms with Crippen LogP contribution in [0, 0.1) is 0 Å². The van der Waals surface area contributed by atoms with Crippen LogP contribution in [0.15, 0.2) is 42.5 Å². The minimum absolute atomic E-state index is 0.148. The minimum Gasteiger partial charge on any atom is -0.321 e. The summed E-state index contributed by atoms with van der Waals surface area (Å²) < 4.78 is 13.0. The van der Waals surface area contributed by atoms with Gasteiger partial charge in [0.1, 0.15) is 7.14 Å². The first kappa shape index (κ1) is 17.0. The number of benzene rings is 2. The average molecular weight is 360 g/mol. The number of amides is 1. The molecule has 0 aromatic heterocycles. The van der Waals surface area contributed by atoms with Gasteiger partial charge >= 0.3 is 0 Å². The molecule has 0 saturated carbocycles. The normalized spacial score (nSPS) is 15.5. The van der Waals surface area contributed by atoms with Crippen LogP contribution in [0.4, 0.5) is 5.69 Å². The Kier molecular flexibility index (Phi) is 4.67. The second-order valence-electron chi connectivity index (χ2n) is 5.82. The number of rotatable bonds is 4. The van der Waals surface area contributed by atoms with Crippen LogP contribution in [0.25, 0.3) is 11.6 Å². The predicted molar refractivity (Wildman–Crippen MR) is 103 cm³/mol. The highest BCUT2D eigenvalue weighted by molar-refractivity contribution is 7.71. The third kappa shape index (κ3) is 3.07. The number of fused-ring (bicyclic) bond motifs is 1. The highest BCUT2D eigenvalue weighted by Gasteiger charge is 2.27. The van der Waals surface area contributed by atoms with Crippen LogP contribution >= 0.6 is 18.7 Å². The van der Waals surface area contributed by atoms with Gasteiger partial charge in [-0.2, -0.15) is 0 Å². The molecule has 1 amide bonds. The van der Waals surface area contributed by atoms with Crippen molar-refractivity contribution in [3.05, 3.63) is 58.6 Å². The van der Waals surface area contributed by atoms with E-state index in [4.69, 9.17) is 11.6 Å². The first-order valence-corrected chi connectivity index (χ1v) is 10.4. The van der Waals surface area contributed by atoms with Crippen molar-refractivity contribution in [3.63, 3.8) is 0 Å². The summed E-state index contributed by atoms with van der Waals surface area (Å²) in [7, 11) is -2.39. The zero-order valence-electron chi connectivity index (χ0n) is 13.7. The highest BCUT2D eigenvalue weighted by Crippen LogP contribution is 2.45. The Labute approximate surface area is 147 Å². The minimum atomic E-state index is -2.39. The zero-order chi connectivity index (χ0) is 17.3. The molecule has 1 aliphatic heterocycles. The maximum Gasteiger partial charge on any atom is 0.256 e. The molecule has 0 radical (unpaired) electrons. The molecule has 0 bridgehead atoms. The standard InChI is InChI=1S/C19H19ClNO2P/c1-3-24(23,4-2)15-8-9-18-16(12-15)17(19(22)21-18)11-13-6-5-7-14(20)10-13/h5-12H,3-4H2,1-2H3,(H,21,22). The molecule has 3 rings (SSSR count). The smallest absolute Gasteiger partial charge is 0.256 e. The second kappa shape index (κ2) is 6.58. The molecule has 0 atom stereocenters. The van der Waals surface area contributed by atoms with Crippen molar-refractivity contribution in [3.8, 4) is 0 Å². The number of carbonyl (C=O) groups excluding carboxylic acids is 1. The summed E-state index contributed by atoms with van der Waals surface area (Å²) in [5.41, 5.74) is 3.00. The van der Waals surface area contributed by atoms with Gasteiger partial charge in [0.15, 0.2) is 0 Å². The molecule has 2 aromatic carbocycles. The SMILES string of the molecule is CCP(=O)(CC)c1ccc2c(c1)C(=Cc1cccc(Cl)c1)C(=O)N2. The van der Waals surface area contributed by atoms with Crippen molar-refractivity contribution in [2.75, 3.05) is 17.6 Å². The van der Waals surface area contributed by atoms with E-state index in [1.807, 2.05) is 56.3 Å². The van der Waals surface area contributed by atoms with Crippen molar-refractivity contribution in [2.24, 2.45) is 0 Å². The Hall–Kier alpha value is -1.83. The maximum absolute atomic E-state index is 13.0. The van der Waals surface area contributed by atoms with Crippen molar-refractivity contribution in [1.29, 1.82) is 0 Å². The lowest BCUT2D eigenvalue weighted by molar-refractivity contribution is -0.110. The van der Waals surface area contributed by atoms with Gasteiger partial charge in [0, 0.05) is 39.5 Å². The summed E-state index contributed by atoms with van der Waals surface area (Å²) in [6.45, 7) is 3.90. The monoisotopic (exact) mass is 359 g/mol. The summed E-state index contributed by atoms with van der Waals surface area (Å²) in [4.78, 5) is 12.3. The van der Waals surface area contributed by atoms with Crippen LogP contribution in [0.5, 0.6) is 0 Å². The van der Waals surface area contributed by atoms with Crippen LogP contribution in [-0.4, -0.2) is 18.2 Å². The van der Waals surface area contributed by atoms with Crippen molar-refractivity contribution < 1.29 is 9.36 Å². The molecule has 0 spiro atoms. The van der Waals surface area contributed by atoms with Crippen molar-refractivity contribution in [1.82, 2.24) is 0 Å². The quantitative estimate of drug-likeness (QED) is 0.626. The molecular weight excluding hydrogens is 341 g/mol. The first-order chi connectivity index (χ1) is 11.5. The summed E-state index contributed by atoms with van der Waals surface area (Å²) in [5, 5.41) is 4.32. The summed E-state index contributed by atoms with van der Waals surface area (Å²) in [6, 6.07) is 13.0. The second-order valence-corrected chi connectivity index (χ2v) is 9.82. The lowest BCUT2D eigenvalue weighted by atomic mass is 10.0. The molecule has 0 unspecified atom stereocenters. The summed E-state index contributed by atoms with van der Waals surface area (Å²) in [6.07, 6.45) is 3.06. The van der Waals surface area contributed by atoms with Crippen molar-refractivity contribution >= 4 is 47.3 Å². The number of anilines is 1. The van der Waals surface area contributed by atoms with E-state index in [-0.39, 0.29) is 5.91 Å². The van der Waals surface area contributed by atoms with E-state index in [2.05, 4.69) is 5.32 Å². The van der Waals surface area contributed by atoms with Gasteiger partial charge < -0.3 is 9.88 Å². The van der Waals surface area contributed by atoms with Gasteiger partial charge in [0.25, 0.3) is 5.91 Å². The van der Waals surface area contributed by atoms with E-state index in [1.54, 1.807) is 6.07 Å². The van der Waals surface area contributed by atoms with E-state index in [1.165, 1.54) is 0 Å². The zero-order valence-corrected chi connectivity index (χ0v) is 15.3. The summed E-state index contributed by atoms with van der Waals surface area (Å²) >= 11 is 6.02. The predicted octanol–water partition coefficient (Wildman–Crippen LogP) is 4.86. The van der Waals surface area contributed by atoms with E-state index >= 15 is 0 Å². The van der Waals surface area contributed by atoms with Gasteiger partial charge in [-0.05, 0) is 42.0 Å². The van der Waals surface area contributed by atoms with E-state index in [0.29, 0.717) is 22.9 Å². The highest BCUT2D eigenvalue weighted by atomic mass is 35.5. The Morgan fingerprint density at radius 3 is 2.54 bits per heavy atom. The van der Waals surface area contributed by atoms with Crippen LogP contribution < -0.4 is 10.6 Å². The topological polar surface area (TPSA) is 46.2 Å². The van der Waals surface area contributed by atoms with Gasteiger partial charge in [-0.25, -0.2) is 0 Å². The van der Waals surface area contributed by atoms with Gasteiger partial charge in [-0.1, -0.05) is 37.6 Å². The maximum atomic E-state index is 13.0. The van der Waals surface area contributed by atoms with Crippen LogP contribution in [0.2, 0.25) is 5.02 Å². The molecule has 5 heteroatoms. The number of carbonyl (C=O) groups is 1. The van der Waals surface area contributed by atoms with Crippen LogP contribution in [-0.2, 0) is 9.36 Å². The van der Waals surface area contributed by atoms with Gasteiger partial charge in [-0.15, -0.1) is 0 Å². The molecule has 0 fully saturated rings. The molecule has 3 nitrogen and oxygen atoms in total. The Morgan fingerprint density at radius 2 is 1.88 bits per heavy atom. The molecule has 1 aliphatic rings. The lowest BCUT2D eigenvalue weighted by Crippen LogP contribution is -2.09. The molecule has 1 N–H and O–H groups in total. The molecule has 2 aromatic rings. The lowest BCUT2D eigenvalue weighted by Gasteiger charge is -2.15. The molecule has 1 heterocycles. The fourth-order valence-corrected chi connectivity index (χ4v) is 5.01. The fourth-order valence-electron chi connectivity index (χ4n) is 2.92. The third-order valence-electron chi connectivity index (χ3n) is 4.44. The summed E-state index contributed by atoms with van der Waals surface area (Å²) in [5.74, 6) is -0.148. The first-order valence-electron chi connectivity index (χ1n) is 7.98.